The van der Waals surface area contributed by atoms with E-state index in [9.17, 15) is 4.79 Å². The average molecular weight is 332 g/mol. The molecule has 0 aliphatic rings. The highest BCUT2D eigenvalue weighted by Gasteiger charge is 2.11. The van der Waals surface area contributed by atoms with Crippen LogP contribution in [0.4, 0.5) is 0 Å². The molecule has 1 atom stereocenters. The SMILES string of the molecule is Cc1ccc([C@@H](C)NC(=O)c2ccc(Br)cc2)cc1C. The maximum atomic E-state index is 12.2. The summed E-state index contributed by atoms with van der Waals surface area (Å²) in [4.78, 5) is 12.2. The van der Waals surface area contributed by atoms with Gasteiger partial charge < -0.3 is 5.32 Å². The van der Waals surface area contributed by atoms with Gasteiger partial charge >= 0.3 is 0 Å². The number of halogens is 1. The average Bonchev–Trinajstić information content (AvgIpc) is 2.42. The third kappa shape index (κ3) is 3.48. The van der Waals surface area contributed by atoms with Crippen LogP contribution in [0, 0.1) is 13.8 Å². The van der Waals surface area contributed by atoms with E-state index in [4.69, 9.17) is 0 Å². The molecule has 1 N–H and O–H groups in total. The van der Waals surface area contributed by atoms with Gasteiger partial charge in [-0.1, -0.05) is 34.1 Å². The summed E-state index contributed by atoms with van der Waals surface area (Å²) in [6.45, 7) is 6.17. The van der Waals surface area contributed by atoms with Crippen LogP contribution in [0.2, 0.25) is 0 Å². The summed E-state index contributed by atoms with van der Waals surface area (Å²) in [7, 11) is 0. The van der Waals surface area contributed by atoms with Gasteiger partial charge in [-0.05, 0) is 61.7 Å². The molecule has 0 radical (unpaired) electrons. The first kappa shape index (κ1) is 14.8. The van der Waals surface area contributed by atoms with Crippen molar-refractivity contribution >= 4 is 21.8 Å². The maximum absolute atomic E-state index is 12.2. The molecule has 104 valence electrons. The van der Waals surface area contributed by atoms with Crippen LogP contribution in [-0.4, -0.2) is 5.91 Å². The second kappa shape index (κ2) is 6.23. The lowest BCUT2D eigenvalue weighted by molar-refractivity contribution is 0.0940. The first-order valence-electron chi connectivity index (χ1n) is 6.61. The van der Waals surface area contributed by atoms with E-state index in [2.05, 4.69) is 53.3 Å². The van der Waals surface area contributed by atoms with Crippen molar-refractivity contribution in [2.75, 3.05) is 0 Å². The smallest absolute Gasteiger partial charge is 0.251 e. The van der Waals surface area contributed by atoms with E-state index >= 15 is 0 Å². The van der Waals surface area contributed by atoms with Gasteiger partial charge in [-0.25, -0.2) is 0 Å². The molecule has 0 aliphatic heterocycles. The minimum absolute atomic E-state index is 0.00885. The lowest BCUT2D eigenvalue weighted by Crippen LogP contribution is -2.26. The van der Waals surface area contributed by atoms with E-state index in [-0.39, 0.29) is 11.9 Å². The summed E-state index contributed by atoms with van der Waals surface area (Å²) < 4.78 is 0.969. The number of hydrogen-bond donors (Lipinski definition) is 1. The van der Waals surface area contributed by atoms with Gasteiger partial charge in [-0.3, -0.25) is 4.79 Å². The van der Waals surface area contributed by atoms with E-state index in [0.29, 0.717) is 5.56 Å². The van der Waals surface area contributed by atoms with Crippen LogP contribution in [0.1, 0.15) is 40.0 Å². The Kier molecular flexibility index (Phi) is 4.61. The molecule has 2 nitrogen and oxygen atoms in total. The Labute approximate surface area is 128 Å². The molecule has 2 aromatic carbocycles. The van der Waals surface area contributed by atoms with Crippen molar-refractivity contribution in [2.24, 2.45) is 0 Å². The summed E-state index contributed by atoms with van der Waals surface area (Å²) in [6.07, 6.45) is 0. The molecule has 0 fully saturated rings. The lowest BCUT2D eigenvalue weighted by Gasteiger charge is -2.16. The zero-order valence-electron chi connectivity index (χ0n) is 11.9. The van der Waals surface area contributed by atoms with Crippen molar-refractivity contribution in [2.45, 2.75) is 26.8 Å². The predicted octanol–water partition coefficient (Wildman–Crippen LogP) is 4.56. The van der Waals surface area contributed by atoms with Gasteiger partial charge in [0.25, 0.3) is 5.91 Å². The Balaban J connectivity index is 2.10. The Morgan fingerprint density at radius 2 is 1.70 bits per heavy atom. The lowest BCUT2D eigenvalue weighted by atomic mass is 10.0. The number of rotatable bonds is 3. The van der Waals surface area contributed by atoms with Gasteiger partial charge in [0.15, 0.2) is 0 Å². The Morgan fingerprint density at radius 1 is 1.05 bits per heavy atom. The molecule has 0 saturated carbocycles. The van der Waals surface area contributed by atoms with E-state index in [0.717, 1.165) is 10.0 Å². The minimum atomic E-state index is -0.0526. The van der Waals surface area contributed by atoms with E-state index in [1.165, 1.54) is 11.1 Å². The van der Waals surface area contributed by atoms with E-state index in [1.54, 1.807) is 0 Å². The number of nitrogens with one attached hydrogen (secondary N) is 1. The van der Waals surface area contributed by atoms with Crippen LogP contribution in [0.25, 0.3) is 0 Å². The quantitative estimate of drug-likeness (QED) is 0.877. The summed E-state index contributed by atoms with van der Waals surface area (Å²) in [5, 5.41) is 3.02. The first-order valence-corrected chi connectivity index (χ1v) is 7.40. The number of amides is 1. The highest BCUT2D eigenvalue weighted by atomic mass is 79.9. The van der Waals surface area contributed by atoms with Crippen LogP contribution >= 0.6 is 15.9 Å². The first-order chi connectivity index (χ1) is 9.47. The normalized spacial score (nSPS) is 12.0. The van der Waals surface area contributed by atoms with Crippen molar-refractivity contribution in [3.8, 4) is 0 Å². The van der Waals surface area contributed by atoms with Gasteiger partial charge in [0.1, 0.15) is 0 Å². The maximum Gasteiger partial charge on any atom is 0.251 e. The molecule has 0 spiro atoms. The summed E-state index contributed by atoms with van der Waals surface area (Å²) in [5.41, 5.74) is 4.30. The zero-order valence-corrected chi connectivity index (χ0v) is 13.5. The second-order valence-electron chi connectivity index (χ2n) is 5.05. The van der Waals surface area contributed by atoms with Crippen molar-refractivity contribution in [1.29, 1.82) is 0 Å². The molecule has 0 unspecified atom stereocenters. The van der Waals surface area contributed by atoms with Gasteiger partial charge in [-0.15, -0.1) is 0 Å². The number of aryl methyl sites for hydroxylation is 2. The number of carbonyl (C=O) groups is 1. The third-order valence-corrected chi connectivity index (χ3v) is 4.01. The minimum Gasteiger partial charge on any atom is -0.346 e. The van der Waals surface area contributed by atoms with Gasteiger partial charge in [0.2, 0.25) is 0 Å². The number of benzene rings is 2. The fourth-order valence-corrected chi connectivity index (χ4v) is 2.26. The van der Waals surface area contributed by atoms with Gasteiger partial charge in [0.05, 0.1) is 6.04 Å². The zero-order chi connectivity index (χ0) is 14.7. The van der Waals surface area contributed by atoms with Crippen molar-refractivity contribution in [3.05, 3.63) is 69.2 Å². The highest BCUT2D eigenvalue weighted by molar-refractivity contribution is 9.10. The largest absolute Gasteiger partial charge is 0.346 e. The monoisotopic (exact) mass is 331 g/mol. The van der Waals surface area contributed by atoms with E-state index < -0.39 is 0 Å². The molecule has 0 aromatic heterocycles. The van der Waals surface area contributed by atoms with Crippen LogP contribution in [0.5, 0.6) is 0 Å². The van der Waals surface area contributed by atoms with Crippen LogP contribution in [0.3, 0.4) is 0 Å². The molecule has 2 rings (SSSR count). The van der Waals surface area contributed by atoms with Crippen molar-refractivity contribution in [3.63, 3.8) is 0 Å². The highest BCUT2D eigenvalue weighted by Crippen LogP contribution is 2.18. The molecule has 2 aromatic rings. The number of hydrogen-bond acceptors (Lipinski definition) is 1. The molecule has 0 aliphatic carbocycles. The fraction of sp³-hybridized carbons (Fsp3) is 0.235. The molecular weight excluding hydrogens is 314 g/mol. The van der Waals surface area contributed by atoms with E-state index in [1.807, 2.05) is 31.2 Å². The van der Waals surface area contributed by atoms with Crippen LogP contribution in [0.15, 0.2) is 46.9 Å². The second-order valence-corrected chi connectivity index (χ2v) is 5.96. The van der Waals surface area contributed by atoms with Crippen LogP contribution in [-0.2, 0) is 0 Å². The molecular formula is C17H18BrNO. The Morgan fingerprint density at radius 3 is 2.30 bits per heavy atom. The Bertz CT molecular complexity index is 619. The molecule has 0 bridgehead atoms. The number of carbonyl (C=O) groups excluding carboxylic acids is 1. The molecule has 3 heteroatoms. The topological polar surface area (TPSA) is 29.1 Å². The standard InChI is InChI=1S/C17H18BrNO/c1-11-4-5-15(10-12(11)2)13(3)19-17(20)14-6-8-16(18)9-7-14/h4-10,13H,1-3H3,(H,19,20)/t13-/m1/s1. The summed E-state index contributed by atoms with van der Waals surface area (Å²) >= 11 is 3.37. The summed E-state index contributed by atoms with van der Waals surface area (Å²) in [5.74, 6) is -0.0526. The summed E-state index contributed by atoms with van der Waals surface area (Å²) in [6, 6.07) is 13.6. The van der Waals surface area contributed by atoms with Crippen molar-refractivity contribution < 1.29 is 4.79 Å². The molecule has 1 amide bonds. The third-order valence-electron chi connectivity index (χ3n) is 3.48. The van der Waals surface area contributed by atoms with Gasteiger partial charge in [-0.2, -0.15) is 0 Å². The van der Waals surface area contributed by atoms with Gasteiger partial charge in [0, 0.05) is 10.0 Å². The Hall–Kier alpha value is -1.61. The molecule has 0 heterocycles. The van der Waals surface area contributed by atoms with Crippen LogP contribution < -0.4 is 5.32 Å². The van der Waals surface area contributed by atoms with Crippen molar-refractivity contribution in [1.82, 2.24) is 5.32 Å². The fourth-order valence-electron chi connectivity index (χ4n) is 2.00. The predicted molar refractivity (Wildman–Crippen MR) is 85.9 cm³/mol. The molecule has 0 saturated heterocycles. The molecule has 20 heavy (non-hydrogen) atoms.